The highest BCUT2D eigenvalue weighted by molar-refractivity contribution is 7.99. The molecule has 3 aromatic rings. The predicted molar refractivity (Wildman–Crippen MR) is 134 cm³/mol. The van der Waals surface area contributed by atoms with Crippen LogP contribution >= 0.6 is 23.4 Å². The highest BCUT2D eigenvalue weighted by Gasteiger charge is 2.24. The topological polar surface area (TPSA) is 84.0 Å². The average molecular weight is 483 g/mol. The second-order valence-electron chi connectivity index (χ2n) is 7.70. The van der Waals surface area contributed by atoms with Crippen molar-refractivity contribution >= 4 is 40.9 Å². The van der Waals surface area contributed by atoms with Gasteiger partial charge in [0.25, 0.3) is 5.91 Å². The van der Waals surface area contributed by atoms with Gasteiger partial charge in [0.15, 0.2) is 10.9 Å². The van der Waals surface area contributed by atoms with Gasteiger partial charge in [-0.05, 0) is 49.1 Å². The van der Waals surface area contributed by atoms with Crippen molar-refractivity contribution in [2.75, 3.05) is 11.1 Å². The molecule has 1 atom stereocenters. The summed E-state index contributed by atoms with van der Waals surface area (Å²) in [4.78, 5) is 34.7. The van der Waals surface area contributed by atoms with Crippen LogP contribution in [0.4, 0.5) is 5.69 Å². The number of anilines is 1. The summed E-state index contributed by atoms with van der Waals surface area (Å²) >= 11 is 7.67. The summed E-state index contributed by atoms with van der Waals surface area (Å²) in [5.41, 5.74) is 3.86. The Morgan fingerprint density at radius 3 is 2.55 bits per heavy atom. The van der Waals surface area contributed by atoms with Crippen molar-refractivity contribution in [3.05, 3.63) is 82.1 Å². The van der Waals surface area contributed by atoms with Crippen LogP contribution in [0.15, 0.2) is 59.9 Å². The molecule has 0 fully saturated rings. The molecule has 0 aliphatic carbocycles. The van der Waals surface area contributed by atoms with Crippen molar-refractivity contribution < 1.29 is 9.59 Å². The van der Waals surface area contributed by atoms with Crippen molar-refractivity contribution in [3.63, 3.8) is 0 Å². The standard InChI is InChI=1S/C25H27ClN4O2S/c1-4-12-33-25-27-15-20(26)22(30-25)24(32)29-21(14-18-8-6-5-7-9-18)23(31)28-19-11-10-16(2)17(3)13-19/h5-11,13,15,21H,4,12,14H2,1-3H3,(H,28,31)(H,29,32). The smallest absolute Gasteiger partial charge is 0.272 e. The first-order valence-electron chi connectivity index (χ1n) is 10.8. The van der Waals surface area contributed by atoms with E-state index in [0.717, 1.165) is 28.9 Å². The lowest BCUT2D eigenvalue weighted by molar-refractivity contribution is -0.118. The number of aryl methyl sites for hydroxylation is 2. The highest BCUT2D eigenvalue weighted by atomic mass is 35.5. The Bertz CT molecular complexity index is 1120. The number of aromatic nitrogens is 2. The van der Waals surface area contributed by atoms with Crippen molar-refractivity contribution in [1.82, 2.24) is 15.3 Å². The quantitative estimate of drug-likeness (QED) is 0.322. The second-order valence-corrected chi connectivity index (χ2v) is 9.17. The number of nitrogens with one attached hydrogen (secondary N) is 2. The SMILES string of the molecule is CCCSc1ncc(Cl)c(C(=O)NC(Cc2ccccc2)C(=O)Nc2ccc(C)c(C)c2)n1. The fraction of sp³-hybridized carbons (Fsp3) is 0.280. The molecule has 1 aromatic heterocycles. The zero-order valence-electron chi connectivity index (χ0n) is 18.9. The van der Waals surface area contributed by atoms with Crippen LogP contribution in [0.3, 0.4) is 0 Å². The summed E-state index contributed by atoms with van der Waals surface area (Å²) in [5, 5.41) is 6.35. The molecule has 33 heavy (non-hydrogen) atoms. The number of benzene rings is 2. The molecule has 2 aromatic carbocycles. The number of rotatable bonds is 9. The summed E-state index contributed by atoms with van der Waals surface area (Å²) in [6, 6.07) is 14.4. The van der Waals surface area contributed by atoms with Gasteiger partial charge in [-0.1, -0.05) is 66.7 Å². The van der Waals surface area contributed by atoms with Crippen LogP contribution in [0, 0.1) is 13.8 Å². The summed E-state index contributed by atoms with van der Waals surface area (Å²) in [6.07, 6.45) is 2.70. The minimum atomic E-state index is -0.820. The number of amides is 2. The normalized spacial score (nSPS) is 11.6. The van der Waals surface area contributed by atoms with Gasteiger partial charge in [0.05, 0.1) is 11.2 Å². The molecule has 1 heterocycles. The molecule has 0 radical (unpaired) electrons. The maximum atomic E-state index is 13.2. The molecular weight excluding hydrogens is 456 g/mol. The minimum Gasteiger partial charge on any atom is -0.338 e. The van der Waals surface area contributed by atoms with E-state index in [4.69, 9.17) is 11.6 Å². The van der Waals surface area contributed by atoms with Gasteiger partial charge in [-0.15, -0.1) is 0 Å². The van der Waals surface area contributed by atoms with Crippen LogP contribution in [-0.2, 0) is 11.2 Å². The van der Waals surface area contributed by atoms with E-state index in [1.54, 1.807) is 0 Å². The van der Waals surface area contributed by atoms with Crippen molar-refractivity contribution in [2.24, 2.45) is 0 Å². The van der Waals surface area contributed by atoms with Gasteiger partial charge < -0.3 is 10.6 Å². The summed E-state index contributed by atoms with van der Waals surface area (Å²) in [5.74, 6) is -0.00401. The molecule has 0 aliphatic heterocycles. The van der Waals surface area contributed by atoms with E-state index in [9.17, 15) is 9.59 Å². The van der Waals surface area contributed by atoms with Gasteiger partial charge in [-0.2, -0.15) is 0 Å². The Morgan fingerprint density at radius 2 is 1.85 bits per heavy atom. The van der Waals surface area contributed by atoms with E-state index >= 15 is 0 Å². The zero-order valence-corrected chi connectivity index (χ0v) is 20.5. The molecule has 0 saturated heterocycles. The first-order valence-corrected chi connectivity index (χ1v) is 12.1. The van der Waals surface area contributed by atoms with E-state index in [-0.39, 0.29) is 16.6 Å². The van der Waals surface area contributed by atoms with E-state index in [2.05, 4.69) is 27.5 Å². The summed E-state index contributed by atoms with van der Waals surface area (Å²) in [6.45, 7) is 6.05. The molecule has 0 saturated carbocycles. The maximum Gasteiger partial charge on any atom is 0.272 e. The maximum absolute atomic E-state index is 13.2. The summed E-state index contributed by atoms with van der Waals surface area (Å²) < 4.78 is 0. The number of hydrogen-bond donors (Lipinski definition) is 2. The Labute approximate surface area is 203 Å². The van der Waals surface area contributed by atoms with E-state index in [1.165, 1.54) is 18.0 Å². The number of thioether (sulfide) groups is 1. The van der Waals surface area contributed by atoms with Crippen LogP contribution in [0.25, 0.3) is 0 Å². The molecule has 8 heteroatoms. The van der Waals surface area contributed by atoms with Crippen LogP contribution in [0.1, 0.15) is 40.5 Å². The number of hydrogen-bond acceptors (Lipinski definition) is 5. The largest absolute Gasteiger partial charge is 0.338 e. The lowest BCUT2D eigenvalue weighted by Crippen LogP contribution is -2.45. The lowest BCUT2D eigenvalue weighted by Gasteiger charge is -2.19. The van der Waals surface area contributed by atoms with Gasteiger partial charge in [-0.3, -0.25) is 9.59 Å². The fourth-order valence-electron chi connectivity index (χ4n) is 3.11. The molecule has 2 N–H and O–H groups in total. The Hall–Kier alpha value is -2.90. The van der Waals surface area contributed by atoms with Gasteiger partial charge >= 0.3 is 0 Å². The Kier molecular flexibility index (Phi) is 8.86. The summed E-state index contributed by atoms with van der Waals surface area (Å²) in [7, 11) is 0. The van der Waals surface area contributed by atoms with Gasteiger partial charge in [0.1, 0.15) is 6.04 Å². The number of carbonyl (C=O) groups excluding carboxylic acids is 2. The first-order chi connectivity index (χ1) is 15.9. The minimum absolute atomic E-state index is 0.0577. The Balaban J connectivity index is 1.82. The molecule has 0 spiro atoms. The van der Waals surface area contributed by atoms with Gasteiger partial charge in [-0.25, -0.2) is 9.97 Å². The molecule has 0 aliphatic rings. The van der Waals surface area contributed by atoms with Crippen LogP contribution in [0.5, 0.6) is 0 Å². The van der Waals surface area contributed by atoms with Crippen LogP contribution < -0.4 is 10.6 Å². The average Bonchev–Trinajstić information content (AvgIpc) is 2.81. The molecular formula is C25H27ClN4O2S. The molecule has 2 amide bonds. The lowest BCUT2D eigenvalue weighted by atomic mass is 10.0. The van der Waals surface area contributed by atoms with Crippen molar-refractivity contribution in [3.8, 4) is 0 Å². The van der Waals surface area contributed by atoms with Gasteiger partial charge in [0.2, 0.25) is 5.91 Å². The molecule has 0 bridgehead atoms. The zero-order chi connectivity index (χ0) is 23.8. The first kappa shape index (κ1) is 24.7. The third kappa shape index (κ3) is 7.04. The third-order valence-electron chi connectivity index (χ3n) is 5.05. The Morgan fingerprint density at radius 1 is 1.09 bits per heavy atom. The van der Waals surface area contributed by atoms with E-state index in [0.29, 0.717) is 17.3 Å². The van der Waals surface area contributed by atoms with Crippen LogP contribution in [-0.4, -0.2) is 33.6 Å². The van der Waals surface area contributed by atoms with E-state index < -0.39 is 11.9 Å². The van der Waals surface area contributed by atoms with E-state index in [1.807, 2.05) is 62.4 Å². The third-order valence-corrected chi connectivity index (χ3v) is 6.40. The molecule has 3 rings (SSSR count). The highest BCUT2D eigenvalue weighted by Crippen LogP contribution is 2.20. The van der Waals surface area contributed by atoms with Gasteiger partial charge in [0, 0.05) is 17.9 Å². The number of halogens is 1. The molecule has 1 unspecified atom stereocenters. The van der Waals surface area contributed by atoms with Crippen molar-refractivity contribution in [1.29, 1.82) is 0 Å². The fourth-order valence-corrected chi connectivity index (χ4v) is 3.95. The number of nitrogens with zero attached hydrogens (tertiary/aromatic N) is 2. The molecule has 172 valence electrons. The monoisotopic (exact) mass is 482 g/mol. The molecule has 6 nitrogen and oxygen atoms in total. The predicted octanol–water partition coefficient (Wildman–Crippen LogP) is 5.23. The number of carbonyl (C=O) groups is 2. The second kappa shape index (κ2) is 11.8. The van der Waals surface area contributed by atoms with Crippen molar-refractivity contribution in [2.45, 2.75) is 44.8 Å². The van der Waals surface area contributed by atoms with Crippen LogP contribution in [0.2, 0.25) is 5.02 Å².